The molecule has 0 atom stereocenters. The second kappa shape index (κ2) is 8.67. The predicted molar refractivity (Wildman–Crippen MR) is 106 cm³/mol. The number of fused-ring (bicyclic) bond motifs is 1. The molecule has 0 aliphatic carbocycles. The van der Waals surface area contributed by atoms with Gasteiger partial charge in [0.25, 0.3) is 11.8 Å². The van der Waals surface area contributed by atoms with Gasteiger partial charge in [-0.1, -0.05) is 31.2 Å². The summed E-state index contributed by atoms with van der Waals surface area (Å²) in [7, 11) is 1.55. The van der Waals surface area contributed by atoms with Gasteiger partial charge in [0.2, 0.25) is 5.91 Å². The van der Waals surface area contributed by atoms with Gasteiger partial charge >= 0.3 is 0 Å². The first kappa shape index (κ1) is 19.6. The molecule has 1 heterocycles. The Morgan fingerprint density at radius 3 is 2.25 bits per heavy atom. The maximum absolute atomic E-state index is 12.4. The standard InChI is InChI=1S/C21H23N3O4/c1-3-23(14-19(25)22-17-10-6-7-11-18(17)28-2)12-13-24-20(26)15-8-4-5-9-16(15)21(24)27/h4-11H,3,12-14H2,1-2H3,(H,22,25). The number of ether oxygens (including phenoxy) is 1. The fourth-order valence-corrected chi connectivity index (χ4v) is 3.17. The highest BCUT2D eigenvalue weighted by Gasteiger charge is 2.34. The van der Waals surface area contributed by atoms with Crippen molar-refractivity contribution in [2.75, 3.05) is 38.6 Å². The molecular weight excluding hydrogens is 358 g/mol. The molecule has 2 aromatic carbocycles. The zero-order valence-corrected chi connectivity index (χ0v) is 16.0. The molecular formula is C21H23N3O4. The lowest BCUT2D eigenvalue weighted by molar-refractivity contribution is -0.117. The van der Waals surface area contributed by atoms with E-state index < -0.39 is 0 Å². The van der Waals surface area contributed by atoms with Gasteiger partial charge in [-0.3, -0.25) is 24.2 Å². The molecule has 0 unspecified atom stereocenters. The van der Waals surface area contributed by atoms with Gasteiger partial charge in [-0.2, -0.15) is 0 Å². The third-order valence-corrected chi connectivity index (χ3v) is 4.71. The third-order valence-electron chi connectivity index (χ3n) is 4.71. The Bertz CT molecular complexity index is 862. The SMILES string of the molecule is CCN(CCN1C(=O)c2ccccc2C1=O)CC(=O)Nc1ccccc1OC. The number of anilines is 1. The molecule has 1 aliphatic rings. The molecule has 0 fully saturated rings. The van der Waals surface area contributed by atoms with Crippen molar-refractivity contribution >= 4 is 23.4 Å². The number of hydrogen-bond acceptors (Lipinski definition) is 5. The van der Waals surface area contributed by atoms with Crippen molar-refractivity contribution in [3.63, 3.8) is 0 Å². The van der Waals surface area contributed by atoms with Crippen LogP contribution in [0.5, 0.6) is 5.75 Å². The maximum Gasteiger partial charge on any atom is 0.261 e. The van der Waals surface area contributed by atoms with E-state index in [0.29, 0.717) is 35.7 Å². The molecule has 7 heteroatoms. The lowest BCUT2D eigenvalue weighted by Gasteiger charge is -2.23. The van der Waals surface area contributed by atoms with E-state index in [1.165, 1.54) is 4.90 Å². The van der Waals surface area contributed by atoms with Crippen LogP contribution in [0.15, 0.2) is 48.5 Å². The minimum Gasteiger partial charge on any atom is -0.495 e. The zero-order chi connectivity index (χ0) is 20.1. The molecule has 0 saturated heterocycles. The van der Waals surface area contributed by atoms with Crippen LogP contribution >= 0.6 is 0 Å². The third kappa shape index (κ3) is 4.04. The van der Waals surface area contributed by atoms with Gasteiger partial charge in [-0.25, -0.2) is 0 Å². The Labute approximate surface area is 163 Å². The Balaban J connectivity index is 1.57. The average Bonchev–Trinajstić information content (AvgIpc) is 2.96. The summed E-state index contributed by atoms with van der Waals surface area (Å²) in [6.45, 7) is 3.35. The molecule has 0 spiro atoms. The number of carbonyl (C=O) groups excluding carboxylic acids is 3. The number of benzene rings is 2. The number of rotatable bonds is 8. The van der Waals surface area contributed by atoms with E-state index in [4.69, 9.17) is 4.74 Å². The number of imide groups is 1. The molecule has 146 valence electrons. The van der Waals surface area contributed by atoms with Crippen molar-refractivity contribution in [3.8, 4) is 5.75 Å². The summed E-state index contributed by atoms with van der Waals surface area (Å²) in [4.78, 5) is 40.4. The zero-order valence-electron chi connectivity index (χ0n) is 16.0. The minimum absolute atomic E-state index is 0.151. The van der Waals surface area contributed by atoms with Gasteiger partial charge in [0.1, 0.15) is 5.75 Å². The van der Waals surface area contributed by atoms with E-state index in [2.05, 4.69) is 5.32 Å². The Morgan fingerprint density at radius 2 is 1.64 bits per heavy atom. The first-order valence-corrected chi connectivity index (χ1v) is 9.15. The summed E-state index contributed by atoms with van der Waals surface area (Å²) < 4.78 is 5.24. The molecule has 3 rings (SSSR count). The molecule has 0 bridgehead atoms. The Hall–Kier alpha value is -3.19. The van der Waals surface area contributed by atoms with E-state index >= 15 is 0 Å². The highest BCUT2D eigenvalue weighted by atomic mass is 16.5. The second-order valence-electron chi connectivity index (χ2n) is 6.42. The van der Waals surface area contributed by atoms with Gasteiger partial charge < -0.3 is 10.1 Å². The summed E-state index contributed by atoms with van der Waals surface area (Å²) >= 11 is 0. The van der Waals surface area contributed by atoms with Gasteiger partial charge in [0.05, 0.1) is 30.5 Å². The summed E-state index contributed by atoms with van der Waals surface area (Å²) in [6.07, 6.45) is 0. The minimum atomic E-state index is -0.282. The number of hydrogen-bond donors (Lipinski definition) is 1. The predicted octanol–water partition coefficient (Wildman–Crippen LogP) is 2.25. The van der Waals surface area contributed by atoms with E-state index in [0.717, 1.165) is 0 Å². The quantitative estimate of drug-likeness (QED) is 0.710. The van der Waals surface area contributed by atoms with Crippen LogP contribution in [-0.4, -0.2) is 60.8 Å². The largest absolute Gasteiger partial charge is 0.495 e. The summed E-state index contributed by atoms with van der Waals surface area (Å²) in [5.74, 6) is -0.163. The molecule has 3 amide bonds. The number of methoxy groups -OCH3 is 1. The molecule has 1 N–H and O–H groups in total. The van der Waals surface area contributed by atoms with Gasteiger partial charge in [0.15, 0.2) is 0 Å². The van der Waals surface area contributed by atoms with E-state index in [-0.39, 0.29) is 30.8 Å². The summed E-state index contributed by atoms with van der Waals surface area (Å²) in [6, 6.07) is 14.0. The maximum atomic E-state index is 12.4. The Morgan fingerprint density at radius 1 is 1.04 bits per heavy atom. The van der Waals surface area contributed by atoms with Gasteiger partial charge in [-0.15, -0.1) is 0 Å². The topological polar surface area (TPSA) is 79.0 Å². The number of amides is 3. The number of nitrogens with zero attached hydrogens (tertiary/aromatic N) is 2. The highest BCUT2D eigenvalue weighted by Crippen LogP contribution is 2.23. The fraction of sp³-hybridized carbons (Fsp3) is 0.286. The summed E-state index contributed by atoms with van der Waals surface area (Å²) in [5, 5.41) is 2.83. The van der Waals surface area contributed by atoms with Crippen molar-refractivity contribution in [1.82, 2.24) is 9.80 Å². The van der Waals surface area contributed by atoms with Crippen molar-refractivity contribution in [1.29, 1.82) is 0 Å². The van der Waals surface area contributed by atoms with Crippen LogP contribution in [0.2, 0.25) is 0 Å². The average molecular weight is 381 g/mol. The molecule has 0 aromatic heterocycles. The molecule has 0 radical (unpaired) electrons. The van der Waals surface area contributed by atoms with Gasteiger partial charge in [0, 0.05) is 13.1 Å². The highest BCUT2D eigenvalue weighted by molar-refractivity contribution is 6.21. The summed E-state index contributed by atoms with van der Waals surface area (Å²) in [5.41, 5.74) is 1.47. The van der Waals surface area contributed by atoms with E-state index in [1.54, 1.807) is 43.5 Å². The molecule has 1 aliphatic heterocycles. The van der Waals surface area contributed by atoms with Crippen LogP contribution in [-0.2, 0) is 4.79 Å². The van der Waals surface area contributed by atoms with Crippen molar-refractivity contribution in [3.05, 3.63) is 59.7 Å². The van der Waals surface area contributed by atoms with Crippen molar-refractivity contribution < 1.29 is 19.1 Å². The Kier molecular flexibility index (Phi) is 6.06. The normalized spacial score (nSPS) is 13.0. The smallest absolute Gasteiger partial charge is 0.261 e. The first-order valence-electron chi connectivity index (χ1n) is 9.15. The molecule has 2 aromatic rings. The van der Waals surface area contributed by atoms with E-state index in [1.807, 2.05) is 24.0 Å². The molecule has 7 nitrogen and oxygen atoms in total. The number of para-hydroxylation sites is 2. The van der Waals surface area contributed by atoms with Crippen LogP contribution in [0.25, 0.3) is 0 Å². The van der Waals surface area contributed by atoms with Crippen LogP contribution in [0, 0.1) is 0 Å². The van der Waals surface area contributed by atoms with Crippen LogP contribution in [0.1, 0.15) is 27.6 Å². The van der Waals surface area contributed by atoms with Crippen LogP contribution in [0.3, 0.4) is 0 Å². The van der Waals surface area contributed by atoms with E-state index in [9.17, 15) is 14.4 Å². The van der Waals surface area contributed by atoms with Crippen LogP contribution < -0.4 is 10.1 Å². The van der Waals surface area contributed by atoms with Crippen molar-refractivity contribution in [2.24, 2.45) is 0 Å². The van der Waals surface area contributed by atoms with Gasteiger partial charge in [-0.05, 0) is 30.8 Å². The second-order valence-corrected chi connectivity index (χ2v) is 6.42. The fourth-order valence-electron chi connectivity index (χ4n) is 3.17. The number of carbonyl (C=O) groups is 3. The lowest BCUT2D eigenvalue weighted by atomic mass is 10.1. The number of nitrogens with one attached hydrogen (secondary N) is 1. The monoisotopic (exact) mass is 381 g/mol. The first-order chi connectivity index (χ1) is 13.5. The lowest BCUT2D eigenvalue weighted by Crippen LogP contribution is -2.41. The number of likely N-dealkylation sites (N-methyl/N-ethyl adjacent to an activating group) is 1. The van der Waals surface area contributed by atoms with Crippen molar-refractivity contribution in [2.45, 2.75) is 6.92 Å². The van der Waals surface area contributed by atoms with Crippen LogP contribution in [0.4, 0.5) is 5.69 Å². The molecule has 28 heavy (non-hydrogen) atoms. The molecule has 0 saturated carbocycles.